The lowest BCUT2D eigenvalue weighted by atomic mass is 10.0. The van der Waals surface area contributed by atoms with Crippen molar-refractivity contribution in [3.63, 3.8) is 0 Å². The van der Waals surface area contributed by atoms with Crippen LogP contribution in [0.2, 0.25) is 0 Å². The van der Waals surface area contributed by atoms with Gasteiger partial charge in [0, 0.05) is 31.8 Å². The molecule has 0 bridgehead atoms. The summed E-state index contributed by atoms with van der Waals surface area (Å²) >= 11 is 0. The van der Waals surface area contributed by atoms with E-state index in [4.69, 9.17) is 4.74 Å². The molecule has 0 aliphatic carbocycles. The normalized spacial score (nSPS) is 12.4. The van der Waals surface area contributed by atoms with E-state index in [-0.39, 0.29) is 0 Å². The van der Waals surface area contributed by atoms with Crippen LogP contribution in [-0.2, 0) is 4.74 Å². The van der Waals surface area contributed by atoms with Gasteiger partial charge in [0.05, 0.1) is 6.61 Å². The van der Waals surface area contributed by atoms with Crippen molar-refractivity contribution in [2.75, 3.05) is 39.9 Å². The zero-order valence-corrected chi connectivity index (χ0v) is 11.1. The molecule has 0 fully saturated rings. The third-order valence-corrected chi connectivity index (χ3v) is 3.15. The first-order chi connectivity index (χ1) is 7.04. The number of ether oxygens (including phenoxy) is 1. The van der Waals surface area contributed by atoms with Crippen LogP contribution in [0.15, 0.2) is 0 Å². The maximum absolute atomic E-state index is 5.25. The molecular formula is C12H28N2O. The Morgan fingerprint density at radius 1 is 1.20 bits per heavy atom. The SMILES string of the molecule is CCOCCNCCN(C)C(C)(C)CC. The van der Waals surface area contributed by atoms with E-state index in [1.165, 1.54) is 6.42 Å². The monoisotopic (exact) mass is 216 g/mol. The Morgan fingerprint density at radius 3 is 2.40 bits per heavy atom. The van der Waals surface area contributed by atoms with Gasteiger partial charge in [-0.3, -0.25) is 4.90 Å². The fourth-order valence-electron chi connectivity index (χ4n) is 1.23. The van der Waals surface area contributed by atoms with Crippen molar-refractivity contribution >= 4 is 0 Å². The quantitative estimate of drug-likeness (QED) is 0.594. The van der Waals surface area contributed by atoms with E-state index in [0.29, 0.717) is 5.54 Å². The highest BCUT2D eigenvalue weighted by Crippen LogP contribution is 2.15. The highest BCUT2D eigenvalue weighted by molar-refractivity contribution is 4.77. The lowest BCUT2D eigenvalue weighted by molar-refractivity contribution is 0.138. The fraction of sp³-hybridized carbons (Fsp3) is 1.00. The second kappa shape index (κ2) is 8.08. The van der Waals surface area contributed by atoms with Crippen LogP contribution < -0.4 is 5.32 Å². The summed E-state index contributed by atoms with van der Waals surface area (Å²) in [6, 6.07) is 0. The van der Waals surface area contributed by atoms with Crippen molar-refractivity contribution in [2.45, 2.75) is 39.7 Å². The first kappa shape index (κ1) is 14.9. The van der Waals surface area contributed by atoms with Gasteiger partial charge in [-0.15, -0.1) is 0 Å². The number of nitrogens with one attached hydrogen (secondary N) is 1. The first-order valence-corrected chi connectivity index (χ1v) is 6.04. The van der Waals surface area contributed by atoms with Gasteiger partial charge in [0.15, 0.2) is 0 Å². The van der Waals surface area contributed by atoms with E-state index in [0.717, 1.165) is 32.8 Å². The highest BCUT2D eigenvalue weighted by Gasteiger charge is 2.19. The third kappa shape index (κ3) is 6.88. The molecule has 0 saturated heterocycles. The van der Waals surface area contributed by atoms with E-state index >= 15 is 0 Å². The van der Waals surface area contributed by atoms with Gasteiger partial charge >= 0.3 is 0 Å². The minimum Gasteiger partial charge on any atom is -0.380 e. The third-order valence-electron chi connectivity index (χ3n) is 3.15. The van der Waals surface area contributed by atoms with Crippen LogP contribution in [0.25, 0.3) is 0 Å². The second-order valence-corrected chi connectivity index (χ2v) is 4.53. The van der Waals surface area contributed by atoms with Crippen molar-refractivity contribution in [3.05, 3.63) is 0 Å². The molecule has 0 aliphatic heterocycles. The molecule has 0 unspecified atom stereocenters. The minimum absolute atomic E-state index is 0.307. The standard InChI is InChI=1S/C12H28N2O/c1-6-12(3,4)14(5)10-8-13-9-11-15-7-2/h13H,6-11H2,1-5H3. The molecule has 3 nitrogen and oxygen atoms in total. The molecule has 0 aromatic rings. The van der Waals surface area contributed by atoms with Crippen LogP contribution >= 0.6 is 0 Å². The number of likely N-dealkylation sites (N-methyl/N-ethyl adjacent to an activating group) is 1. The molecule has 92 valence electrons. The van der Waals surface area contributed by atoms with Gasteiger partial charge in [-0.25, -0.2) is 0 Å². The molecule has 3 heteroatoms. The number of nitrogens with zero attached hydrogens (tertiary/aromatic N) is 1. The summed E-state index contributed by atoms with van der Waals surface area (Å²) in [6.45, 7) is 13.5. The average Bonchev–Trinajstić information content (AvgIpc) is 2.22. The number of hydrogen-bond donors (Lipinski definition) is 1. The molecular weight excluding hydrogens is 188 g/mol. The maximum atomic E-state index is 5.25. The Hall–Kier alpha value is -0.120. The van der Waals surface area contributed by atoms with Crippen molar-refractivity contribution in [3.8, 4) is 0 Å². The van der Waals surface area contributed by atoms with Crippen LogP contribution in [0.1, 0.15) is 34.1 Å². The molecule has 0 aliphatic rings. The zero-order chi connectivity index (χ0) is 11.7. The van der Waals surface area contributed by atoms with Gasteiger partial charge in [0.2, 0.25) is 0 Å². The van der Waals surface area contributed by atoms with Crippen LogP contribution in [0.4, 0.5) is 0 Å². The molecule has 0 aromatic heterocycles. The molecule has 0 saturated carbocycles. The molecule has 0 amide bonds. The molecule has 15 heavy (non-hydrogen) atoms. The molecule has 0 rings (SSSR count). The predicted molar refractivity (Wildman–Crippen MR) is 66.4 cm³/mol. The second-order valence-electron chi connectivity index (χ2n) is 4.53. The van der Waals surface area contributed by atoms with Crippen LogP contribution in [0.5, 0.6) is 0 Å². The topological polar surface area (TPSA) is 24.5 Å². The summed E-state index contributed by atoms with van der Waals surface area (Å²) in [6.07, 6.45) is 1.18. The molecule has 0 radical (unpaired) electrons. The van der Waals surface area contributed by atoms with Crippen molar-refractivity contribution < 1.29 is 4.74 Å². The van der Waals surface area contributed by atoms with E-state index in [1.807, 2.05) is 6.92 Å². The lowest BCUT2D eigenvalue weighted by Gasteiger charge is -2.34. The van der Waals surface area contributed by atoms with Crippen molar-refractivity contribution in [1.82, 2.24) is 10.2 Å². The van der Waals surface area contributed by atoms with E-state index in [2.05, 4.69) is 38.0 Å². The van der Waals surface area contributed by atoms with Gasteiger partial charge in [0.25, 0.3) is 0 Å². The first-order valence-electron chi connectivity index (χ1n) is 6.04. The highest BCUT2D eigenvalue weighted by atomic mass is 16.5. The van der Waals surface area contributed by atoms with Crippen LogP contribution in [-0.4, -0.2) is 50.3 Å². The lowest BCUT2D eigenvalue weighted by Crippen LogP contribution is -2.44. The Bertz CT molecular complexity index is 149. The largest absolute Gasteiger partial charge is 0.380 e. The van der Waals surface area contributed by atoms with Crippen LogP contribution in [0.3, 0.4) is 0 Å². The summed E-state index contributed by atoms with van der Waals surface area (Å²) in [5, 5.41) is 3.38. The molecule has 0 heterocycles. The summed E-state index contributed by atoms with van der Waals surface area (Å²) in [5.41, 5.74) is 0.307. The van der Waals surface area contributed by atoms with E-state index in [1.54, 1.807) is 0 Å². The summed E-state index contributed by atoms with van der Waals surface area (Å²) in [5.74, 6) is 0. The molecule has 0 atom stereocenters. The fourth-order valence-corrected chi connectivity index (χ4v) is 1.23. The van der Waals surface area contributed by atoms with E-state index in [9.17, 15) is 0 Å². The summed E-state index contributed by atoms with van der Waals surface area (Å²) in [7, 11) is 2.19. The van der Waals surface area contributed by atoms with Gasteiger partial charge in [0.1, 0.15) is 0 Å². The minimum atomic E-state index is 0.307. The number of hydrogen-bond acceptors (Lipinski definition) is 3. The van der Waals surface area contributed by atoms with Crippen molar-refractivity contribution in [2.24, 2.45) is 0 Å². The van der Waals surface area contributed by atoms with Crippen LogP contribution in [0, 0.1) is 0 Å². The molecule has 0 aromatic carbocycles. The molecule has 0 spiro atoms. The zero-order valence-electron chi connectivity index (χ0n) is 11.1. The molecule has 1 N–H and O–H groups in total. The van der Waals surface area contributed by atoms with Gasteiger partial charge in [-0.05, 0) is 34.2 Å². The Labute approximate surface area is 95.2 Å². The Morgan fingerprint density at radius 2 is 1.87 bits per heavy atom. The Balaban J connectivity index is 3.43. The average molecular weight is 216 g/mol. The maximum Gasteiger partial charge on any atom is 0.0590 e. The van der Waals surface area contributed by atoms with Crippen molar-refractivity contribution in [1.29, 1.82) is 0 Å². The summed E-state index contributed by atoms with van der Waals surface area (Å²) in [4.78, 5) is 2.40. The number of rotatable bonds is 9. The predicted octanol–water partition coefficient (Wildman–Crippen LogP) is 1.73. The summed E-state index contributed by atoms with van der Waals surface area (Å²) < 4.78 is 5.25. The van der Waals surface area contributed by atoms with Gasteiger partial charge in [-0.1, -0.05) is 6.92 Å². The smallest absolute Gasteiger partial charge is 0.0590 e. The van der Waals surface area contributed by atoms with Gasteiger partial charge in [-0.2, -0.15) is 0 Å². The van der Waals surface area contributed by atoms with E-state index < -0.39 is 0 Å². The van der Waals surface area contributed by atoms with Gasteiger partial charge < -0.3 is 10.1 Å². The Kier molecular flexibility index (Phi) is 8.02.